The molecule has 3 N–H and O–H groups in total. The van der Waals surface area contributed by atoms with E-state index in [-0.39, 0.29) is 18.3 Å². The number of aliphatic hydroxyl groups excluding tert-OH is 1. The quantitative estimate of drug-likeness (QED) is 0.0478. The van der Waals surface area contributed by atoms with Crippen LogP contribution in [-0.2, 0) is 19.1 Å². The zero-order valence-corrected chi connectivity index (χ0v) is 41.4. The smallest absolute Gasteiger partial charge is 0.379 e. The van der Waals surface area contributed by atoms with Crippen LogP contribution in [0.3, 0.4) is 0 Å². The number of benzene rings is 6. The second-order valence-corrected chi connectivity index (χ2v) is 18.3. The van der Waals surface area contributed by atoms with E-state index in [1.54, 1.807) is 73.7 Å². The number of carboxylic acid groups (broad SMARTS) is 1. The number of likely N-dealkylation sites (tertiary alicyclic amines) is 1. The molecule has 6 aromatic carbocycles. The summed E-state index contributed by atoms with van der Waals surface area (Å²) in [5.41, 5.74) is 7.76. The molecule has 1 heterocycles. The SMILES string of the molecule is CCOC(=O)C(=O)c1ccc(Br)cc1.Cc1ccc(-c2ccc(C(=O)C(=O)N[C@H](CN3CCCC3)[C@H](O)c3ccc(OC4CC4)c(Cl)c3)cc2)cc1.Cc1ccc(-c2ccc(C(=O)C(=O)O)cc2)cc1. The van der Waals surface area contributed by atoms with Crippen molar-refractivity contribution in [1.29, 1.82) is 0 Å². The largest absolute Gasteiger partial charge is 0.489 e. The highest BCUT2D eigenvalue weighted by Gasteiger charge is 2.30. The molecule has 0 aromatic heterocycles. The molecule has 6 aromatic rings. The van der Waals surface area contributed by atoms with Gasteiger partial charge in [-0.1, -0.05) is 142 Å². The molecule has 2 fully saturated rings. The predicted octanol–water partition coefficient (Wildman–Crippen LogP) is 10.5. The lowest BCUT2D eigenvalue weighted by Crippen LogP contribution is -2.48. The number of carbonyl (C=O) groups excluding carboxylic acids is 5. The predicted molar refractivity (Wildman–Crippen MR) is 272 cm³/mol. The summed E-state index contributed by atoms with van der Waals surface area (Å²) in [5.74, 6) is -4.52. The van der Waals surface area contributed by atoms with Crippen LogP contribution in [0, 0.1) is 13.8 Å². The van der Waals surface area contributed by atoms with Gasteiger partial charge in [-0.15, -0.1) is 0 Å². The standard InChI is InChI=1S/C31H33ClN2O4.C15H12O3.C10H9BrO3/c1-20-4-6-21(7-5-20)22-8-10-23(11-9-22)30(36)31(37)33-27(19-34-16-2-3-17-34)29(35)24-12-15-28(26(32)18-24)38-25-13-14-25;1-10-2-4-11(5-3-10)12-6-8-13(9-7-12)14(16)15(17)18;1-2-14-10(13)9(12)7-3-5-8(11)6-4-7/h4-12,15,18,25,27,29,35H,2-3,13-14,16-17,19H2,1H3,(H,33,37);2-9H,1H3,(H,17,18);3-6H,2H2,1H3/t27-,29-;;/m1../s1. The second kappa shape index (κ2) is 25.2. The van der Waals surface area contributed by atoms with E-state index < -0.39 is 47.3 Å². The number of rotatable bonds is 16. The lowest BCUT2D eigenvalue weighted by atomic mass is 9.99. The molecule has 1 saturated carbocycles. The van der Waals surface area contributed by atoms with E-state index in [1.165, 1.54) is 23.3 Å². The number of carbonyl (C=O) groups is 6. The topological polar surface area (TPSA) is 177 Å². The summed E-state index contributed by atoms with van der Waals surface area (Å²) in [6.07, 6.45) is 3.36. The summed E-state index contributed by atoms with van der Waals surface area (Å²) in [7, 11) is 0. The number of amides is 1. The van der Waals surface area contributed by atoms with Crippen molar-refractivity contribution in [2.45, 2.75) is 64.7 Å². The number of nitrogens with zero attached hydrogens (tertiary/aromatic N) is 1. The minimum absolute atomic E-state index is 0.193. The van der Waals surface area contributed by atoms with Crippen LogP contribution in [0.2, 0.25) is 5.02 Å². The van der Waals surface area contributed by atoms with Gasteiger partial charge in [0.1, 0.15) is 11.9 Å². The Morgan fingerprint density at radius 3 is 1.59 bits per heavy atom. The zero-order chi connectivity index (χ0) is 50.3. The molecule has 0 radical (unpaired) electrons. The summed E-state index contributed by atoms with van der Waals surface area (Å²) in [6.45, 7) is 8.13. The third-order valence-corrected chi connectivity index (χ3v) is 12.3. The van der Waals surface area contributed by atoms with Gasteiger partial charge in [-0.3, -0.25) is 19.2 Å². The molecule has 0 bridgehead atoms. The molecular weight excluding hydrogens is 976 g/mol. The molecular formula is C56H54BrClN2O10. The lowest BCUT2D eigenvalue weighted by Gasteiger charge is -2.28. The third-order valence-electron chi connectivity index (χ3n) is 11.5. The second-order valence-electron chi connectivity index (χ2n) is 16.9. The summed E-state index contributed by atoms with van der Waals surface area (Å²) < 4.78 is 11.3. The van der Waals surface area contributed by atoms with Gasteiger partial charge in [-0.25, -0.2) is 9.59 Å². The van der Waals surface area contributed by atoms with Crippen LogP contribution in [0.4, 0.5) is 0 Å². The number of aliphatic hydroxyl groups is 1. The van der Waals surface area contributed by atoms with Crippen LogP contribution in [-0.4, -0.2) is 88.7 Å². The van der Waals surface area contributed by atoms with Crippen molar-refractivity contribution in [2.24, 2.45) is 0 Å². The van der Waals surface area contributed by atoms with Crippen molar-refractivity contribution in [1.82, 2.24) is 10.2 Å². The van der Waals surface area contributed by atoms with E-state index in [1.807, 2.05) is 74.5 Å². The molecule has 70 heavy (non-hydrogen) atoms. The minimum Gasteiger partial charge on any atom is -0.489 e. The van der Waals surface area contributed by atoms with E-state index in [2.05, 4.69) is 30.9 Å². The Morgan fingerprint density at radius 1 is 0.671 bits per heavy atom. The number of hydrogen-bond acceptors (Lipinski definition) is 10. The van der Waals surface area contributed by atoms with Gasteiger partial charge >= 0.3 is 11.9 Å². The average molecular weight is 1030 g/mol. The maximum absolute atomic E-state index is 13.1. The number of halogens is 2. The average Bonchev–Trinajstić information content (AvgIpc) is 4.05. The molecule has 12 nitrogen and oxygen atoms in total. The first-order valence-electron chi connectivity index (χ1n) is 22.9. The summed E-state index contributed by atoms with van der Waals surface area (Å²) in [5, 5.41) is 23.1. The number of Topliss-reactive ketones (excluding diaryl/α,β-unsaturated/α-hetero) is 3. The van der Waals surface area contributed by atoms with Crippen molar-refractivity contribution < 1.29 is 48.5 Å². The normalized spacial score (nSPS) is 13.8. The van der Waals surface area contributed by atoms with Crippen LogP contribution in [0.1, 0.15) is 86.5 Å². The van der Waals surface area contributed by atoms with Gasteiger partial charge < -0.3 is 29.9 Å². The van der Waals surface area contributed by atoms with Gasteiger partial charge in [0.25, 0.3) is 17.5 Å². The number of hydrogen-bond donors (Lipinski definition) is 3. The van der Waals surface area contributed by atoms with Crippen LogP contribution < -0.4 is 10.1 Å². The molecule has 2 aliphatic rings. The first-order chi connectivity index (χ1) is 33.6. The number of carboxylic acids is 1. The first kappa shape index (κ1) is 52.6. The summed E-state index contributed by atoms with van der Waals surface area (Å²) in [6, 6.07) is 40.8. The van der Waals surface area contributed by atoms with Crippen LogP contribution >= 0.6 is 27.5 Å². The van der Waals surface area contributed by atoms with Gasteiger partial charge in [0.2, 0.25) is 5.78 Å². The van der Waals surface area contributed by atoms with Crippen molar-refractivity contribution in [3.8, 4) is 28.0 Å². The van der Waals surface area contributed by atoms with Gasteiger partial charge in [0.15, 0.2) is 0 Å². The van der Waals surface area contributed by atoms with E-state index in [4.69, 9.17) is 21.4 Å². The molecule has 0 spiro atoms. The number of esters is 1. The van der Waals surface area contributed by atoms with Crippen molar-refractivity contribution in [3.63, 3.8) is 0 Å². The highest BCUT2D eigenvalue weighted by atomic mass is 79.9. The molecule has 0 unspecified atom stereocenters. The van der Waals surface area contributed by atoms with E-state index in [9.17, 15) is 33.9 Å². The number of nitrogens with one attached hydrogen (secondary N) is 1. The molecule has 1 aliphatic heterocycles. The Bertz CT molecular complexity index is 2770. The molecule has 1 saturated heterocycles. The van der Waals surface area contributed by atoms with Crippen LogP contribution in [0.15, 0.2) is 144 Å². The Hall–Kier alpha value is -6.77. The highest BCUT2D eigenvalue weighted by molar-refractivity contribution is 9.10. The van der Waals surface area contributed by atoms with E-state index >= 15 is 0 Å². The minimum atomic E-state index is -1.43. The van der Waals surface area contributed by atoms with Gasteiger partial charge in [-0.2, -0.15) is 0 Å². The molecule has 2 atom stereocenters. The number of aliphatic carboxylic acids is 1. The molecule has 14 heteroatoms. The Morgan fingerprint density at radius 2 is 1.13 bits per heavy atom. The maximum Gasteiger partial charge on any atom is 0.379 e. The Labute approximate surface area is 420 Å². The van der Waals surface area contributed by atoms with Crippen LogP contribution in [0.25, 0.3) is 22.3 Å². The molecule has 8 rings (SSSR count). The summed E-state index contributed by atoms with van der Waals surface area (Å²) >= 11 is 9.67. The maximum atomic E-state index is 13.1. The zero-order valence-electron chi connectivity index (χ0n) is 39.0. The van der Waals surface area contributed by atoms with Gasteiger partial charge in [0.05, 0.1) is 23.8 Å². The van der Waals surface area contributed by atoms with Gasteiger partial charge in [-0.05, 0) is 124 Å². The number of aryl methyl sites for hydroxylation is 2. The Balaban J connectivity index is 0.000000207. The monoisotopic (exact) mass is 1030 g/mol. The lowest BCUT2D eigenvalue weighted by molar-refractivity contribution is -0.137. The molecule has 1 amide bonds. The van der Waals surface area contributed by atoms with E-state index in [0.717, 1.165) is 65.5 Å². The fourth-order valence-corrected chi connectivity index (χ4v) is 7.88. The highest BCUT2D eigenvalue weighted by Crippen LogP contribution is 2.34. The molecule has 1 aliphatic carbocycles. The fraction of sp³-hybridized carbons (Fsp3) is 0.250. The van der Waals surface area contributed by atoms with Crippen molar-refractivity contribution in [3.05, 3.63) is 182 Å². The van der Waals surface area contributed by atoms with Crippen LogP contribution in [0.5, 0.6) is 5.75 Å². The van der Waals surface area contributed by atoms with Crippen molar-refractivity contribution >= 4 is 62.7 Å². The van der Waals surface area contributed by atoms with Crippen molar-refractivity contribution in [2.75, 3.05) is 26.2 Å². The Kier molecular flexibility index (Phi) is 18.9. The molecule has 362 valence electrons. The third kappa shape index (κ3) is 15.1. The fourth-order valence-electron chi connectivity index (χ4n) is 7.39. The summed E-state index contributed by atoms with van der Waals surface area (Å²) in [4.78, 5) is 72.5. The van der Waals surface area contributed by atoms with E-state index in [0.29, 0.717) is 34.0 Å². The van der Waals surface area contributed by atoms with Gasteiger partial charge in [0, 0.05) is 27.7 Å². The first-order valence-corrected chi connectivity index (χ1v) is 24.1. The number of ether oxygens (including phenoxy) is 2. The number of ketones is 3.